The van der Waals surface area contributed by atoms with Crippen molar-refractivity contribution in [1.29, 1.82) is 0 Å². The summed E-state index contributed by atoms with van der Waals surface area (Å²) < 4.78 is 13.4. The van der Waals surface area contributed by atoms with E-state index in [4.69, 9.17) is 24.6 Å². The van der Waals surface area contributed by atoms with Gasteiger partial charge in [-0.1, -0.05) is 54.6 Å². The Bertz CT molecular complexity index is 1830. The highest BCUT2D eigenvalue weighted by atomic mass is 16.5. The van der Waals surface area contributed by atoms with Crippen LogP contribution in [-0.4, -0.2) is 35.2 Å². The van der Waals surface area contributed by atoms with Crippen LogP contribution in [0.25, 0.3) is 5.69 Å². The Kier molecular flexibility index (Phi) is 6.43. The molecule has 8 heteroatoms. The number of hydrogen-bond donors (Lipinski definition) is 1. The smallest absolute Gasteiger partial charge is 0.179 e. The first-order valence-corrected chi connectivity index (χ1v) is 14.0. The van der Waals surface area contributed by atoms with Gasteiger partial charge >= 0.3 is 0 Å². The van der Waals surface area contributed by atoms with E-state index in [9.17, 15) is 0 Å². The van der Waals surface area contributed by atoms with E-state index in [1.807, 2.05) is 96.5 Å². The first-order chi connectivity index (χ1) is 20.7. The Labute approximate surface area is 244 Å². The Morgan fingerprint density at radius 3 is 2.36 bits per heavy atom. The molecule has 0 fully saturated rings. The minimum absolute atomic E-state index is 0.216. The molecule has 208 valence electrons. The van der Waals surface area contributed by atoms with Crippen LogP contribution in [0.1, 0.15) is 29.8 Å². The van der Waals surface area contributed by atoms with Crippen LogP contribution in [-0.2, 0) is 0 Å². The third-order valence-electron chi connectivity index (χ3n) is 7.51. The predicted molar refractivity (Wildman–Crippen MR) is 167 cm³/mol. The molecule has 0 saturated heterocycles. The molecule has 5 aromatic rings. The van der Waals surface area contributed by atoms with Gasteiger partial charge < -0.3 is 19.7 Å². The summed E-state index contributed by atoms with van der Waals surface area (Å²) in [6.07, 6.45) is 0. The summed E-state index contributed by atoms with van der Waals surface area (Å²) >= 11 is 0. The van der Waals surface area contributed by atoms with Crippen LogP contribution in [0.3, 0.4) is 0 Å². The standard InChI is InChI=1S/C34H30N6O2/c1-4-42-25-20-18-23(19-21-25)31-30-22(2)38-40(24-12-6-5-7-13-24)33(30)37-34-32(36-27-15-9-11-17-29(27)41-3)35-26-14-8-10-16-28(26)39(31)34/h5-21,31H,4H2,1-3H3,(H,35,36)/t31-/m0/s1. The van der Waals surface area contributed by atoms with E-state index in [0.717, 1.165) is 56.9 Å². The Morgan fingerprint density at radius 1 is 0.833 bits per heavy atom. The lowest BCUT2D eigenvalue weighted by atomic mass is 9.93. The average Bonchev–Trinajstić information content (AvgIpc) is 3.37. The van der Waals surface area contributed by atoms with Crippen molar-refractivity contribution in [2.24, 2.45) is 9.98 Å². The number of para-hydroxylation sites is 5. The van der Waals surface area contributed by atoms with E-state index in [-0.39, 0.29) is 6.04 Å². The van der Waals surface area contributed by atoms with Crippen LogP contribution < -0.4 is 19.7 Å². The maximum absolute atomic E-state index is 5.78. The number of rotatable bonds is 6. The van der Waals surface area contributed by atoms with Crippen LogP contribution in [0.2, 0.25) is 0 Å². The van der Waals surface area contributed by atoms with E-state index < -0.39 is 0 Å². The molecule has 42 heavy (non-hydrogen) atoms. The molecule has 3 heterocycles. The Morgan fingerprint density at radius 2 is 1.57 bits per heavy atom. The number of fused-ring (bicyclic) bond motifs is 4. The number of methoxy groups -OCH3 is 1. The van der Waals surface area contributed by atoms with Crippen molar-refractivity contribution >= 4 is 34.6 Å². The van der Waals surface area contributed by atoms with Gasteiger partial charge in [0.25, 0.3) is 0 Å². The molecule has 8 nitrogen and oxygen atoms in total. The van der Waals surface area contributed by atoms with Gasteiger partial charge in [-0.15, -0.1) is 0 Å². The summed E-state index contributed by atoms with van der Waals surface area (Å²) in [5.74, 6) is 3.65. The van der Waals surface area contributed by atoms with Crippen molar-refractivity contribution in [2.75, 3.05) is 23.9 Å². The lowest BCUT2D eigenvalue weighted by molar-refractivity contribution is 0.340. The third kappa shape index (κ3) is 4.28. The molecule has 0 unspecified atom stereocenters. The van der Waals surface area contributed by atoms with Crippen LogP contribution in [0.5, 0.6) is 11.5 Å². The van der Waals surface area contributed by atoms with Gasteiger partial charge in [0.05, 0.1) is 48.2 Å². The number of aromatic nitrogens is 2. The molecule has 0 bridgehead atoms. The summed E-state index contributed by atoms with van der Waals surface area (Å²) in [6.45, 7) is 4.66. The summed E-state index contributed by atoms with van der Waals surface area (Å²) in [5.41, 5.74) is 6.61. The summed E-state index contributed by atoms with van der Waals surface area (Å²) in [5, 5.41) is 8.55. The molecular formula is C34H30N6O2. The zero-order chi connectivity index (χ0) is 28.6. The first kappa shape index (κ1) is 25.6. The molecule has 2 aliphatic rings. The van der Waals surface area contributed by atoms with Gasteiger partial charge in [0.15, 0.2) is 17.5 Å². The normalized spacial score (nSPS) is 15.1. The monoisotopic (exact) mass is 554 g/mol. The molecular weight excluding hydrogens is 524 g/mol. The van der Waals surface area contributed by atoms with Gasteiger partial charge in [-0.05, 0) is 67.9 Å². The van der Waals surface area contributed by atoms with Crippen molar-refractivity contribution in [2.45, 2.75) is 19.9 Å². The second-order valence-corrected chi connectivity index (χ2v) is 10.1. The number of aryl methyl sites for hydroxylation is 1. The van der Waals surface area contributed by atoms with Crippen molar-refractivity contribution < 1.29 is 9.47 Å². The fraction of sp³-hybridized carbons (Fsp3) is 0.147. The van der Waals surface area contributed by atoms with E-state index in [1.165, 1.54) is 0 Å². The summed E-state index contributed by atoms with van der Waals surface area (Å²) in [7, 11) is 1.67. The Balaban J connectivity index is 1.47. The number of benzene rings is 4. The van der Waals surface area contributed by atoms with E-state index in [0.29, 0.717) is 18.3 Å². The Hall–Kier alpha value is -5.37. The molecule has 0 aliphatic carbocycles. The van der Waals surface area contributed by atoms with Crippen molar-refractivity contribution in [3.8, 4) is 17.2 Å². The topological polar surface area (TPSA) is 76.3 Å². The van der Waals surface area contributed by atoms with E-state index in [1.54, 1.807) is 7.11 Å². The lowest BCUT2D eigenvalue weighted by Crippen LogP contribution is -2.46. The van der Waals surface area contributed by atoms with Crippen LogP contribution >= 0.6 is 0 Å². The predicted octanol–water partition coefficient (Wildman–Crippen LogP) is 7.38. The van der Waals surface area contributed by atoms with Crippen molar-refractivity contribution in [1.82, 2.24) is 9.78 Å². The molecule has 0 spiro atoms. The highest BCUT2D eigenvalue weighted by Gasteiger charge is 2.41. The van der Waals surface area contributed by atoms with Crippen LogP contribution in [0.15, 0.2) is 113 Å². The van der Waals surface area contributed by atoms with E-state index in [2.05, 4.69) is 35.3 Å². The molecule has 4 aromatic carbocycles. The van der Waals surface area contributed by atoms with Gasteiger partial charge in [0, 0.05) is 5.56 Å². The highest BCUT2D eigenvalue weighted by molar-refractivity contribution is 6.51. The molecule has 0 saturated carbocycles. The second-order valence-electron chi connectivity index (χ2n) is 10.1. The number of amidine groups is 2. The number of ether oxygens (including phenoxy) is 2. The summed E-state index contributed by atoms with van der Waals surface area (Å²) in [4.78, 5) is 12.6. The number of hydrogen-bond acceptors (Lipinski definition) is 7. The molecule has 7 rings (SSSR count). The number of nitrogens with one attached hydrogen (secondary N) is 1. The fourth-order valence-electron chi connectivity index (χ4n) is 5.65. The first-order valence-electron chi connectivity index (χ1n) is 14.0. The van der Waals surface area contributed by atoms with Crippen LogP contribution in [0.4, 0.5) is 22.9 Å². The zero-order valence-corrected chi connectivity index (χ0v) is 23.7. The minimum atomic E-state index is -0.216. The quantitative estimate of drug-likeness (QED) is 0.237. The molecule has 2 aliphatic heterocycles. The van der Waals surface area contributed by atoms with Crippen molar-refractivity contribution in [3.63, 3.8) is 0 Å². The molecule has 1 aromatic heterocycles. The average molecular weight is 555 g/mol. The maximum Gasteiger partial charge on any atom is 0.179 e. The van der Waals surface area contributed by atoms with Gasteiger partial charge in [-0.2, -0.15) is 5.10 Å². The molecule has 1 N–H and O–H groups in total. The minimum Gasteiger partial charge on any atom is -0.495 e. The molecule has 1 atom stereocenters. The zero-order valence-electron chi connectivity index (χ0n) is 23.7. The highest BCUT2D eigenvalue weighted by Crippen LogP contribution is 2.48. The lowest BCUT2D eigenvalue weighted by Gasteiger charge is -2.40. The van der Waals surface area contributed by atoms with Crippen LogP contribution in [0, 0.1) is 6.92 Å². The van der Waals surface area contributed by atoms with Gasteiger partial charge in [-0.25, -0.2) is 14.7 Å². The van der Waals surface area contributed by atoms with E-state index >= 15 is 0 Å². The molecule has 0 radical (unpaired) electrons. The largest absolute Gasteiger partial charge is 0.495 e. The van der Waals surface area contributed by atoms with Gasteiger partial charge in [0.2, 0.25) is 0 Å². The van der Waals surface area contributed by atoms with Gasteiger partial charge in [-0.3, -0.25) is 0 Å². The second kappa shape index (κ2) is 10.6. The fourth-order valence-corrected chi connectivity index (χ4v) is 5.65. The third-order valence-corrected chi connectivity index (χ3v) is 7.51. The maximum atomic E-state index is 5.78. The summed E-state index contributed by atoms with van der Waals surface area (Å²) in [6, 6.07) is 34.2. The molecule has 0 amide bonds. The van der Waals surface area contributed by atoms with Gasteiger partial charge in [0.1, 0.15) is 11.5 Å². The number of anilines is 2. The number of nitrogens with zero attached hydrogens (tertiary/aromatic N) is 5. The van der Waals surface area contributed by atoms with Crippen molar-refractivity contribution in [3.05, 3.63) is 120 Å². The number of aliphatic imine (C=N–C) groups is 2. The SMILES string of the molecule is CCOc1ccc([C@H]2c3c(C)nn(-c4ccccc4)c3N=C3C(Nc4ccccc4OC)=Nc4ccccc4N32)cc1.